The average molecular weight is 325 g/mol. The Labute approximate surface area is 115 Å². The van der Waals surface area contributed by atoms with Crippen molar-refractivity contribution in [3.8, 4) is 5.75 Å². The zero-order valence-electron chi connectivity index (χ0n) is 9.33. The Morgan fingerprint density at radius 2 is 1.94 bits per heavy atom. The number of rotatable bonds is 2. The minimum absolute atomic E-state index is 0. The molecule has 1 fully saturated rings. The van der Waals surface area contributed by atoms with Crippen molar-refractivity contribution in [3.63, 3.8) is 0 Å². The predicted octanol–water partition coefficient (Wildman–Crippen LogP) is 3.91. The lowest BCUT2D eigenvalue weighted by Crippen LogP contribution is -2.19. The maximum atomic E-state index is 13.5. The van der Waals surface area contributed by atoms with Crippen LogP contribution in [0.5, 0.6) is 5.75 Å². The summed E-state index contributed by atoms with van der Waals surface area (Å²) in [4.78, 5) is 0. The van der Waals surface area contributed by atoms with Crippen molar-refractivity contribution in [1.82, 2.24) is 0 Å². The highest BCUT2D eigenvalue weighted by molar-refractivity contribution is 9.10. The number of phenols is 1. The molecule has 17 heavy (non-hydrogen) atoms. The number of phenolic OH excluding ortho intramolecular Hbond substituents is 1. The summed E-state index contributed by atoms with van der Waals surface area (Å²) in [6, 6.07) is 3.04. The van der Waals surface area contributed by atoms with Crippen LogP contribution in [0, 0.1) is 11.7 Å². The van der Waals surface area contributed by atoms with Crippen molar-refractivity contribution in [3.05, 3.63) is 28.0 Å². The first-order valence-corrected chi connectivity index (χ1v) is 6.33. The molecule has 0 heterocycles. The van der Waals surface area contributed by atoms with Gasteiger partial charge in [0.15, 0.2) is 11.6 Å². The molecule has 0 aromatic heterocycles. The van der Waals surface area contributed by atoms with E-state index in [0.29, 0.717) is 11.5 Å². The van der Waals surface area contributed by atoms with Crippen molar-refractivity contribution in [2.24, 2.45) is 11.7 Å². The molecule has 0 bridgehead atoms. The summed E-state index contributed by atoms with van der Waals surface area (Å²) in [6.45, 7) is 0. The lowest BCUT2D eigenvalue weighted by atomic mass is 9.92. The van der Waals surface area contributed by atoms with E-state index in [4.69, 9.17) is 5.73 Å². The number of benzene rings is 1. The normalized spacial score (nSPS) is 17.8. The minimum Gasteiger partial charge on any atom is -0.505 e. The molecule has 1 aliphatic carbocycles. The summed E-state index contributed by atoms with van der Waals surface area (Å²) >= 11 is 3.04. The molecule has 1 aromatic carbocycles. The predicted molar refractivity (Wildman–Crippen MR) is 71.9 cm³/mol. The molecule has 0 saturated heterocycles. The van der Waals surface area contributed by atoms with Gasteiger partial charge in [-0.1, -0.05) is 18.9 Å². The van der Waals surface area contributed by atoms with Crippen LogP contribution >= 0.6 is 28.3 Å². The number of halogens is 3. The Kier molecular flexibility index (Phi) is 5.22. The maximum Gasteiger partial charge on any atom is 0.179 e. The number of hydrogen-bond acceptors (Lipinski definition) is 2. The van der Waals surface area contributed by atoms with Crippen LogP contribution < -0.4 is 5.73 Å². The van der Waals surface area contributed by atoms with E-state index in [9.17, 15) is 9.50 Å². The lowest BCUT2D eigenvalue weighted by Gasteiger charge is -2.20. The lowest BCUT2D eigenvalue weighted by molar-refractivity contribution is 0.391. The standard InChI is InChI=1S/C12H15BrFNO.ClH/c13-9-6-5-8(12(16)10(9)14)11(15)7-3-1-2-4-7;/h5-7,11,16H,1-4,15H2;1H/t11-;/m0./s1. The van der Waals surface area contributed by atoms with E-state index in [-0.39, 0.29) is 28.7 Å². The molecule has 5 heteroatoms. The van der Waals surface area contributed by atoms with Gasteiger partial charge in [0.2, 0.25) is 0 Å². The molecule has 0 unspecified atom stereocenters. The molecular weight excluding hydrogens is 308 g/mol. The van der Waals surface area contributed by atoms with E-state index in [1.165, 1.54) is 12.8 Å². The van der Waals surface area contributed by atoms with Gasteiger partial charge in [0.05, 0.1) is 4.47 Å². The van der Waals surface area contributed by atoms with E-state index in [0.717, 1.165) is 12.8 Å². The van der Waals surface area contributed by atoms with Crippen molar-refractivity contribution < 1.29 is 9.50 Å². The molecule has 0 radical (unpaired) electrons. The molecule has 0 aliphatic heterocycles. The summed E-state index contributed by atoms with van der Waals surface area (Å²) in [5.74, 6) is -0.564. The van der Waals surface area contributed by atoms with Crippen molar-refractivity contribution in [2.45, 2.75) is 31.7 Å². The van der Waals surface area contributed by atoms with Gasteiger partial charge in [0.1, 0.15) is 0 Å². The van der Waals surface area contributed by atoms with Crippen LogP contribution in [0.2, 0.25) is 0 Å². The fourth-order valence-corrected chi connectivity index (χ4v) is 2.71. The Hall–Kier alpha value is -0.320. The number of nitrogens with two attached hydrogens (primary N) is 1. The molecule has 0 amide bonds. The van der Waals surface area contributed by atoms with Crippen LogP contribution in [0.15, 0.2) is 16.6 Å². The first kappa shape index (κ1) is 14.7. The van der Waals surface area contributed by atoms with Gasteiger partial charge in [-0.05, 0) is 40.8 Å². The summed E-state index contributed by atoms with van der Waals surface area (Å²) in [6.07, 6.45) is 4.49. The van der Waals surface area contributed by atoms with Gasteiger partial charge in [-0.2, -0.15) is 0 Å². The largest absolute Gasteiger partial charge is 0.505 e. The van der Waals surface area contributed by atoms with E-state index < -0.39 is 5.82 Å². The van der Waals surface area contributed by atoms with E-state index in [1.807, 2.05) is 0 Å². The van der Waals surface area contributed by atoms with Crippen molar-refractivity contribution in [2.75, 3.05) is 0 Å². The van der Waals surface area contributed by atoms with Crippen molar-refractivity contribution in [1.29, 1.82) is 0 Å². The summed E-state index contributed by atoms with van der Waals surface area (Å²) in [5, 5.41) is 9.72. The summed E-state index contributed by atoms with van der Waals surface area (Å²) in [7, 11) is 0. The zero-order valence-corrected chi connectivity index (χ0v) is 11.7. The Morgan fingerprint density at radius 1 is 1.35 bits per heavy atom. The van der Waals surface area contributed by atoms with Gasteiger partial charge in [-0.3, -0.25) is 0 Å². The van der Waals surface area contributed by atoms with Crippen molar-refractivity contribution >= 4 is 28.3 Å². The van der Waals surface area contributed by atoms with E-state index in [1.54, 1.807) is 12.1 Å². The molecule has 1 atom stereocenters. The van der Waals surface area contributed by atoms with Gasteiger partial charge >= 0.3 is 0 Å². The van der Waals surface area contributed by atoms with Crippen LogP contribution in [0.25, 0.3) is 0 Å². The van der Waals surface area contributed by atoms with Crippen LogP contribution in [0.4, 0.5) is 4.39 Å². The molecular formula is C12H16BrClFNO. The maximum absolute atomic E-state index is 13.5. The van der Waals surface area contributed by atoms with Gasteiger partial charge < -0.3 is 10.8 Å². The second-order valence-corrected chi connectivity index (χ2v) is 5.22. The number of aromatic hydroxyl groups is 1. The smallest absolute Gasteiger partial charge is 0.179 e. The van der Waals surface area contributed by atoms with Gasteiger partial charge in [-0.15, -0.1) is 12.4 Å². The third-order valence-corrected chi connectivity index (χ3v) is 3.98. The van der Waals surface area contributed by atoms with Crippen LogP contribution in [-0.4, -0.2) is 5.11 Å². The van der Waals surface area contributed by atoms with Crippen LogP contribution in [0.1, 0.15) is 37.3 Å². The fourth-order valence-electron chi connectivity index (χ4n) is 2.39. The SMILES string of the molecule is Cl.N[C@H](c1ccc(Br)c(F)c1O)C1CCCC1. The zero-order chi connectivity index (χ0) is 11.7. The minimum atomic E-state index is -0.619. The second kappa shape index (κ2) is 6.03. The number of hydrogen-bond donors (Lipinski definition) is 2. The summed E-state index contributed by atoms with van der Waals surface area (Å²) in [5.41, 5.74) is 6.60. The second-order valence-electron chi connectivity index (χ2n) is 4.37. The molecule has 3 N–H and O–H groups in total. The van der Waals surface area contributed by atoms with Gasteiger partial charge in [-0.25, -0.2) is 4.39 Å². The third kappa shape index (κ3) is 2.92. The summed E-state index contributed by atoms with van der Waals surface area (Å²) < 4.78 is 13.8. The Bertz CT molecular complexity index is 396. The molecule has 1 saturated carbocycles. The molecule has 2 nitrogen and oxygen atoms in total. The van der Waals surface area contributed by atoms with E-state index >= 15 is 0 Å². The molecule has 96 valence electrons. The third-order valence-electron chi connectivity index (χ3n) is 3.37. The topological polar surface area (TPSA) is 46.2 Å². The average Bonchev–Trinajstić information content (AvgIpc) is 2.79. The molecule has 0 spiro atoms. The monoisotopic (exact) mass is 323 g/mol. The first-order valence-electron chi connectivity index (χ1n) is 5.53. The van der Waals surface area contributed by atoms with Gasteiger partial charge in [0.25, 0.3) is 0 Å². The highest BCUT2D eigenvalue weighted by Gasteiger charge is 2.26. The Balaban J connectivity index is 0.00000144. The van der Waals surface area contributed by atoms with Gasteiger partial charge in [0, 0.05) is 11.6 Å². The highest BCUT2D eigenvalue weighted by atomic mass is 79.9. The quantitative estimate of drug-likeness (QED) is 0.866. The fraction of sp³-hybridized carbons (Fsp3) is 0.500. The highest BCUT2D eigenvalue weighted by Crippen LogP contribution is 2.39. The first-order chi connectivity index (χ1) is 7.61. The molecule has 2 rings (SSSR count). The Morgan fingerprint density at radius 3 is 2.53 bits per heavy atom. The van der Waals surface area contributed by atoms with E-state index in [2.05, 4.69) is 15.9 Å². The van der Waals surface area contributed by atoms with Crippen LogP contribution in [-0.2, 0) is 0 Å². The van der Waals surface area contributed by atoms with Crippen LogP contribution in [0.3, 0.4) is 0 Å². The molecule has 1 aliphatic rings. The molecule has 1 aromatic rings.